The number of fused-ring (bicyclic) bond motifs is 1. The molecule has 1 aliphatic rings. The highest BCUT2D eigenvalue weighted by Crippen LogP contribution is 2.33. The maximum absolute atomic E-state index is 13.6. The maximum Gasteiger partial charge on any atom is 0.418 e. The van der Waals surface area contributed by atoms with Crippen molar-refractivity contribution in [3.63, 3.8) is 0 Å². The molecule has 1 saturated heterocycles. The number of carboxylic acids is 1. The Labute approximate surface area is 164 Å². The molecule has 1 fully saturated rings. The number of hydrogen-bond donors (Lipinski definition) is 3. The van der Waals surface area contributed by atoms with Crippen LogP contribution in [0.5, 0.6) is 0 Å². The number of rotatable bonds is 5. The van der Waals surface area contributed by atoms with Gasteiger partial charge in [0.1, 0.15) is 0 Å². The van der Waals surface area contributed by atoms with E-state index in [4.69, 9.17) is 9.84 Å². The fourth-order valence-electron chi connectivity index (χ4n) is 3.14. The number of nitrogens with zero attached hydrogens (tertiary/aromatic N) is 2. The minimum absolute atomic E-state index is 0.0154. The molecular weight excluding hydrogens is 386 g/mol. The second kappa shape index (κ2) is 7.97. The predicted octanol–water partition coefficient (Wildman–Crippen LogP) is 2.74. The lowest BCUT2D eigenvalue weighted by Gasteiger charge is -2.30. The SMILES string of the molecule is C[C@@H]1C[C@H](Nc2c(NC(=O)C(F)(F)C(=O)O)cnc3ccc(C#N)cc23)CCO1. The summed E-state index contributed by atoms with van der Waals surface area (Å²) < 4.78 is 32.7. The Morgan fingerprint density at radius 1 is 1.41 bits per heavy atom. The van der Waals surface area contributed by atoms with Crippen molar-refractivity contribution in [3.05, 3.63) is 30.0 Å². The first kappa shape index (κ1) is 20.4. The molecule has 1 aromatic heterocycles. The van der Waals surface area contributed by atoms with Crippen molar-refractivity contribution in [2.75, 3.05) is 17.2 Å². The normalized spacial score (nSPS) is 19.4. The number of hydrogen-bond acceptors (Lipinski definition) is 6. The van der Waals surface area contributed by atoms with Gasteiger partial charge in [0.05, 0.1) is 40.8 Å². The number of carboxylic acid groups (broad SMARTS) is 1. The second-order valence-electron chi connectivity index (χ2n) is 6.77. The molecule has 1 aliphatic heterocycles. The molecule has 2 aromatic rings. The summed E-state index contributed by atoms with van der Waals surface area (Å²) >= 11 is 0. The molecule has 3 N–H and O–H groups in total. The van der Waals surface area contributed by atoms with Gasteiger partial charge in [-0.05, 0) is 38.0 Å². The number of aromatic nitrogens is 1. The first-order chi connectivity index (χ1) is 13.7. The molecule has 8 nitrogen and oxygen atoms in total. The Balaban J connectivity index is 2.05. The van der Waals surface area contributed by atoms with E-state index in [1.54, 1.807) is 12.1 Å². The highest BCUT2D eigenvalue weighted by molar-refractivity contribution is 6.12. The van der Waals surface area contributed by atoms with Gasteiger partial charge in [-0.15, -0.1) is 0 Å². The van der Waals surface area contributed by atoms with E-state index >= 15 is 0 Å². The van der Waals surface area contributed by atoms with E-state index in [1.165, 1.54) is 12.3 Å². The van der Waals surface area contributed by atoms with Crippen LogP contribution in [0.15, 0.2) is 24.4 Å². The number of amides is 1. The molecule has 2 heterocycles. The summed E-state index contributed by atoms with van der Waals surface area (Å²) in [6.45, 7) is 2.41. The average Bonchev–Trinajstić information content (AvgIpc) is 2.69. The molecule has 152 valence electrons. The Kier molecular flexibility index (Phi) is 5.61. The van der Waals surface area contributed by atoms with Crippen molar-refractivity contribution in [2.24, 2.45) is 0 Å². The molecule has 0 unspecified atom stereocenters. The number of pyridine rings is 1. The highest BCUT2D eigenvalue weighted by Gasteiger charge is 2.48. The van der Waals surface area contributed by atoms with Gasteiger partial charge in [-0.25, -0.2) is 4.79 Å². The zero-order chi connectivity index (χ0) is 21.2. The smallest absolute Gasteiger partial charge is 0.418 e. The first-order valence-electron chi connectivity index (χ1n) is 8.86. The van der Waals surface area contributed by atoms with Gasteiger partial charge < -0.3 is 20.5 Å². The van der Waals surface area contributed by atoms with Crippen LogP contribution in [0.1, 0.15) is 25.3 Å². The fraction of sp³-hybridized carbons (Fsp3) is 0.368. The van der Waals surface area contributed by atoms with Crippen molar-refractivity contribution in [3.8, 4) is 6.07 Å². The fourth-order valence-corrected chi connectivity index (χ4v) is 3.14. The van der Waals surface area contributed by atoms with Crippen molar-refractivity contribution in [1.29, 1.82) is 5.26 Å². The van der Waals surface area contributed by atoms with Crippen molar-refractivity contribution >= 4 is 34.2 Å². The van der Waals surface area contributed by atoms with E-state index < -0.39 is 17.8 Å². The Bertz CT molecular complexity index is 1010. The second-order valence-corrected chi connectivity index (χ2v) is 6.77. The van der Waals surface area contributed by atoms with Crippen LogP contribution < -0.4 is 10.6 Å². The van der Waals surface area contributed by atoms with Crippen LogP contribution in [0, 0.1) is 11.3 Å². The van der Waals surface area contributed by atoms with Gasteiger partial charge in [0.25, 0.3) is 0 Å². The molecule has 29 heavy (non-hydrogen) atoms. The summed E-state index contributed by atoms with van der Waals surface area (Å²) in [5.41, 5.74) is 0.995. The number of aliphatic carboxylic acids is 1. The molecule has 2 atom stereocenters. The van der Waals surface area contributed by atoms with E-state index in [1.807, 2.05) is 18.3 Å². The predicted molar refractivity (Wildman–Crippen MR) is 99.7 cm³/mol. The van der Waals surface area contributed by atoms with E-state index in [0.717, 1.165) is 0 Å². The van der Waals surface area contributed by atoms with Gasteiger partial charge in [0, 0.05) is 18.0 Å². The largest absolute Gasteiger partial charge is 0.476 e. The average molecular weight is 404 g/mol. The Hall–Kier alpha value is -3.32. The molecule has 0 saturated carbocycles. The number of benzene rings is 1. The zero-order valence-corrected chi connectivity index (χ0v) is 15.4. The van der Waals surface area contributed by atoms with E-state index in [0.29, 0.717) is 41.6 Å². The summed E-state index contributed by atoms with van der Waals surface area (Å²) in [6.07, 6.45) is 2.44. The van der Waals surface area contributed by atoms with E-state index in [2.05, 4.69) is 10.3 Å². The van der Waals surface area contributed by atoms with Crippen molar-refractivity contribution < 1.29 is 28.2 Å². The van der Waals surface area contributed by atoms with Crippen LogP contribution in [0.3, 0.4) is 0 Å². The summed E-state index contributed by atoms with van der Waals surface area (Å²) in [7, 11) is 0. The van der Waals surface area contributed by atoms with Crippen LogP contribution in [0.25, 0.3) is 10.9 Å². The Morgan fingerprint density at radius 2 is 2.17 bits per heavy atom. The molecule has 1 amide bonds. The van der Waals surface area contributed by atoms with Gasteiger partial charge in [-0.1, -0.05) is 0 Å². The maximum atomic E-state index is 13.6. The number of alkyl halides is 2. The zero-order valence-electron chi connectivity index (χ0n) is 15.4. The minimum Gasteiger partial charge on any atom is -0.476 e. The lowest BCUT2D eigenvalue weighted by molar-refractivity contribution is -0.169. The van der Waals surface area contributed by atoms with Gasteiger partial charge in [0.15, 0.2) is 0 Å². The first-order valence-corrected chi connectivity index (χ1v) is 8.86. The Morgan fingerprint density at radius 3 is 2.83 bits per heavy atom. The third kappa shape index (κ3) is 4.25. The number of carbonyl (C=O) groups is 2. The summed E-state index contributed by atoms with van der Waals surface area (Å²) in [5, 5.41) is 23.4. The number of anilines is 2. The lowest BCUT2D eigenvalue weighted by Crippen LogP contribution is -2.42. The minimum atomic E-state index is -4.60. The number of ether oxygens (including phenoxy) is 1. The van der Waals surface area contributed by atoms with Crippen LogP contribution >= 0.6 is 0 Å². The monoisotopic (exact) mass is 404 g/mol. The molecule has 0 radical (unpaired) electrons. The van der Waals surface area contributed by atoms with E-state index in [-0.39, 0.29) is 17.8 Å². The van der Waals surface area contributed by atoms with Gasteiger partial charge in [-0.3, -0.25) is 9.78 Å². The van der Waals surface area contributed by atoms with Crippen LogP contribution in [-0.2, 0) is 14.3 Å². The van der Waals surface area contributed by atoms with Gasteiger partial charge in [-0.2, -0.15) is 14.0 Å². The molecule has 0 bridgehead atoms. The van der Waals surface area contributed by atoms with Gasteiger partial charge in [0.2, 0.25) is 0 Å². The number of carbonyl (C=O) groups excluding carboxylic acids is 1. The van der Waals surface area contributed by atoms with Crippen LogP contribution in [0.2, 0.25) is 0 Å². The van der Waals surface area contributed by atoms with Crippen molar-refractivity contribution in [2.45, 2.75) is 37.8 Å². The molecule has 10 heteroatoms. The molecule has 0 spiro atoms. The third-order valence-electron chi connectivity index (χ3n) is 4.63. The molecule has 1 aromatic carbocycles. The lowest BCUT2D eigenvalue weighted by atomic mass is 10.0. The quantitative estimate of drug-likeness (QED) is 0.655. The molecule has 0 aliphatic carbocycles. The van der Waals surface area contributed by atoms with Crippen LogP contribution in [-0.4, -0.2) is 46.6 Å². The van der Waals surface area contributed by atoms with Crippen molar-refractivity contribution in [1.82, 2.24) is 4.98 Å². The molecular formula is C19H18F2N4O4. The standard InChI is InChI=1S/C19H18F2N4O4/c1-10-6-12(4-5-29-10)24-16-13-7-11(8-22)2-3-14(13)23-9-15(16)25-17(26)19(20,21)18(27)28/h2-3,7,9-10,12H,4-6H2,1H3,(H,23,24)(H,25,26)(H,27,28)/t10-,12-/m1/s1. The number of halogens is 2. The summed E-state index contributed by atoms with van der Waals surface area (Å²) in [4.78, 5) is 26.7. The highest BCUT2D eigenvalue weighted by atomic mass is 19.3. The number of nitrogens with one attached hydrogen (secondary N) is 2. The number of nitriles is 1. The van der Waals surface area contributed by atoms with Crippen LogP contribution in [0.4, 0.5) is 20.2 Å². The summed E-state index contributed by atoms with van der Waals surface area (Å²) in [6, 6.07) is 6.61. The van der Waals surface area contributed by atoms with Gasteiger partial charge >= 0.3 is 17.8 Å². The third-order valence-corrected chi connectivity index (χ3v) is 4.63. The summed E-state index contributed by atoms with van der Waals surface area (Å²) in [5.74, 6) is -9.14. The van der Waals surface area contributed by atoms with E-state index in [9.17, 15) is 23.6 Å². The topological polar surface area (TPSA) is 124 Å². The molecule has 3 rings (SSSR count).